The van der Waals surface area contributed by atoms with Gasteiger partial charge >= 0.3 is 0 Å². The predicted octanol–water partition coefficient (Wildman–Crippen LogP) is 0.668. The first-order chi connectivity index (χ1) is 9.05. The van der Waals surface area contributed by atoms with Crippen LogP contribution in [-0.4, -0.2) is 46.5 Å². The lowest BCUT2D eigenvalue weighted by molar-refractivity contribution is -0.144. The summed E-state index contributed by atoms with van der Waals surface area (Å²) in [5.74, 6) is -2.88. The number of hydrogen-bond donors (Lipinski definition) is 2. The maximum Gasteiger partial charge on any atom is 0.271 e. The van der Waals surface area contributed by atoms with Gasteiger partial charge < -0.3 is 10.1 Å². The summed E-state index contributed by atoms with van der Waals surface area (Å²) in [6.45, 7) is -0.291. The molecule has 106 valence electrons. The topological polar surface area (TPSA) is 79.9 Å². The van der Waals surface area contributed by atoms with E-state index in [1.54, 1.807) is 6.20 Å². The Morgan fingerprint density at radius 2 is 2.47 bits per heavy atom. The Kier molecular flexibility index (Phi) is 4.41. The van der Waals surface area contributed by atoms with Crippen LogP contribution in [0.3, 0.4) is 0 Å². The van der Waals surface area contributed by atoms with Gasteiger partial charge in [-0.15, -0.1) is 0 Å². The molecular formula is C11H16F2N4O2. The van der Waals surface area contributed by atoms with Crippen LogP contribution in [0.1, 0.15) is 25.0 Å². The van der Waals surface area contributed by atoms with Crippen LogP contribution < -0.4 is 5.32 Å². The van der Waals surface area contributed by atoms with Gasteiger partial charge in [0.25, 0.3) is 5.92 Å². The van der Waals surface area contributed by atoms with Crippen molar-refractivity contribution in [3.8, 4) is 0 Å². The van der Waals surface area contributed by atoms with E-state index < -0.39 is 12.5 Å². The normalized spacial score (nSPS) is 22.1. The van der Waals surface area contributed by atoms with Gasteiger partial charge in [0.2, 0.25) is 5.91 Å². The average Bonchev–Trinajstić information content (AvgIpc) is 2.88. The summed E-state index contributed by atoms with van der Waals surface area (Å²) in [5.41, 5.74) is 0.712. The SMILES string of the molecule is O=C(CCc1cn[nH]n1)NCC1CCC(F)(F)CO1. The number of aryl methyl sites for hydroxylation is 1. The molecule has 1 aliphatic rings. The van der Waals surface area contributed by atoms with Gasteiger partial charge in [0.15, 0.2) is 0 Å². The van der Waals surface area contributed by atoms with Crippen LogP contribution in [0.2, 0.25) is 0 Å². The number of hydrogen-bond acceptors (Lipinski definition) is 4. The molecule has 0 aliphatic carbocycles. The standard InChI is InChI=1S/C11H16F2N4O2/c12-11(13)4-3-9(19-7-11)6-14-10(18)2-1-8-5-15-17-16-8/h5,9H,1-4,6-7H2,(H,14,18)(H,15,16,17). The number of ether oxygens (including phenoxy) is 1. The number of carbonyl (C=O) groups is 1. The molecule has 2 heterocycles. The second kappa shape index (κ2) is 6.05. The smallest absolute Gasteiger partial charge is 0.271 e. The van der Waals surface area contributed by atoms with E-state index in [2.05, 4.69) is 20.7 Å². The lowest BCUT2D eigenvalue weighted by atomic mass is 10.1. The zero-order valence-corrected chi connectivity index (χ0v) is 10.4. The Balaban J connectivity index is 1.61. The van der Waals surface area contributed by atoms with E-state index in [-0.39, 0.29) is 37.8 Å². The first-order valence-corrected chi connectivity index (χ1v) is 6.16. The van der Waals surface area contributed by atoms with Gasteiger partial charge in [0, 0.05) is 25.8 Å². The Labute approximate surface area is 108 Å². The van der Waals surface area contributed by atoms with Crippen molar-refractivity contribution in [3.05, 3.63) is 11.9 Å². The van der Waals surface area contributed by atoms with E-state index in [1.165, 1.54) is 0 Å². The van der Waals surface area contributed by atoms with Gasteiger partial charge in [0.05, 0.1) is 18.0 Å². The quantitative estimate of drug-likeness (QED) is 0.827. The minimum absolute atomic E-state index is 0.149. The number of carbonyl (C=O) groups excluding carboxylic acids is 1. The number of halogens is 2. The molecule has 1 aliphatic heterocycles. The van der Waals surface area contributed by atoms with E-state index in [0.29, 0.717) is 12.1 Å². The molecule has 6 nitrogen and oxygen atoms in total. The molecule has 19 heavy (non-hydrogen) atoms. The summed E-state index contributed by atoms with van der Waals surface area (Å²) in [7, 11) is 0. The fourth-order valence-corrected chi connectivity index (χ4v) is 1.83. The highest BCUT2D eigenvalue weighted by Crippen LogP contribution is 2.27. The van der Waals surface area contributed by atoms with E-state index in [9.17, 15) is 13.6 Å². The highest BCUT2D eigenvalue weighted by Gasteiger charge is 2.35. The van der Waals surface area contributed by atoms with Crippen LogP contribution in [-0.2, 0) is 16.0 Å². The third-order valence-electron chi connectivity index (χ3n) is 2.96. The monoisotopic (exact) mass is 274 g/mol. The van der Waals surface area contributed by atoms with Crippen molar-refractivity contribution >= 4 is 5.91 Å². The highest BCUT2D eigenvalue weighted by molar-refractivity contribution is 5.76. The summed E-state index contributed by atoms with van der Waals surface area (Å²) in [6, 6.07) is 0. The van der Waals surface area contributed by atoms with Crippen LogP contribution in [0.15, 0.2) is 6.20 Å². The van der Waals surface area contributed by atoms with Crippen molar-refractivity contribution in [3.63, 3.8) is 0 Å². The number of aromatic amines is 1. The largest absolute Gasteiger partial charge is 0.370 e. The van der Waals surface area contributed by atoms with E-state index in [0.717, 1.165) is 0 Å². The molecule has 8 heteroatoms. The minimum Gasteiger partial charge on any atom is -0.370 e. The number of alkyl halides is 2. The Bertz CT molecular complexity index is 401. The number of amides is 1. The number of aromatic nitrogens is 3. The van der Waals surface area contributed by atoms with Crippen LogP contribution in [0, 0.1) is 0 Å². The number of rotatable bonds is 5. The molecule has 2 N–H and O–H groups in total. The van der Waals surface area contributed by atoms with Gasteiger partial charge in [0.1, 0.15) is 6.61 Å². The third-order valence-corrected chi connectivity index (χ3v) is 2.96. The van der Waals surface area contributed by atoms with Gasteiger partial charge in [-0.3, -0.25) is 4.79 Å². The summed E-state index contributed by atoms with van der Waals surface area (Å²) in [5, 5.41) is 12.6. The molecule has 1 saturated heterocycles. The lowest BCUT2D eigenvalue weighted by Gasteiger charge is -2.28. The zero-order chi connectivity index (χ0) is 13.7. The number of H-pyrrole nitrogens is 1. The van der Waals surface area contributed by atoms with Crippen molar-refractivity contribution in [2.24, 2.45) is 0 Å². The van der Waals surface area contributed by atoms with E-state index in [1.807, 2.05) is 0 Å². The molecule has 0 radical (unpaired) electrons. The van der Waals surface area contributed by atoms with Crippen molar-refractivity contribution in [2.45, 2.75) is 37.7 Å². The number of nitrogens with one attached hydrogen (secondary N) is 2. The first-order valence-electron chi connectivity index (χ1n) is 6.16. The van der Waals surface area contributed by atoms with Gasteiger partial charge in [-0.2, -0.15) is 15.4 Å². The first kappa shape index (κ1) is 13.9. The molecule has 1 unspecified atom stereocenters. The average molecular weight is 274 g/mol. The van der Waals surface area contributed by atoms with Gasteiger partial charge in [-0.25, -0.2) is 8.78 Å². The van der Waals surface area contributed by atoms with E-state index in [4.69, 9.17) is 4.74 Å². The van der Waals surface area contributed by atoms with Crippen LogP contribution in [0.4, 0.5) is 8.78 Å². The maximum atomic E-state index is 12.8. The Morgan fingerprint density at radius 3 is 3.11 bits per heavy atom. The molecule has 1 atom stereocenters. The molecule has 1 amide bonds. The van der Waals surface area contributed by atoms with Gasteiger partial charge in [-0.1, -0.05) is 0 Å². The molecule has 2 rings (SSSR count). The fourth-order valence-electron chi connectivity index (χ4n) is 1.83. The predicted molar refractivity (Wildman–Crippen MR) is 61.6 cm³/mol. The minimum atomic E-state index is -2.73. The fraction of sp³-hybridized carbons (Fsp3) is 0.727. The number of nitrogens with zero attached hydrogens (tertiary/aromatic N) is 2. The summed E-state index contributed by atoms with van der Waals surface area (Å²) >= 11 is 0. The van der Waals surface area contributed by atoms with Crippen molar-refractivity contribution in [2.75, 3.05) is 13.2 Å². The summed E-state index contributed by atoms with van der Waals surface area (Å²) in [4.78, 5) is 11.5. The Hall–Kier alpha value is -1.57. The second-order valence-corrected chi connectivity index (χ2v) is 4.59. The van der Waals surface area contributed by atoms with Gasteiger partial charge in [-0.05, 0) is 6.42 Å². The molecule has 0 aromatic carbocycles. The van der Waals surface area contributed by atoms with Crippen LogP contribution in [0.25, 0.3) is 0 Å². The summed E-state index contributed by atoms with van der Waals surface area (Å²) < 4.78 is 30.7. The molecular weight excluding hydrogens is 258 g/mol. The molecule has 0 spiro atoms. The molecule has 0 bridgehead atoms. The third kappa shape index (κ3) is 4.55. The highest BCUT2D eigenvalue weighted by atomic mass is 19.3. The van der Waals surface area contributed by atoms with Crippen molar-refractivity contribution in [1.82, 2.24) is 20.7 Å². The molecule has 1 aromatic rings. The van der Waals surface area contributed by atoms with Crippen LogP contribution in [0.5, 0.6) is 0 Å². The molecule has 1 aromatic heterocycles. The molecule has 1 fully saturated rings. The second-order valence-electron chi connectivity index (χ2n) is 4.59. The Morgan fingerprint density at radius 1 is 1.63 bits per heavy atom. The van der Waals surface area contributed by atoms with E-state index >= 15 is 0 Å². The summed E-state index contributed by atoms with van der Waals surface area (Å²) in [6.07, 6.45) is 2.08. The lowest BCUT2D eigenvalue weighted by Crippen LogP contribution is -2.41. The van der Waals surface area contributed by atoms with Crippen LogP contribution >= 0.6 is 0 Å². The van der Waals surface area contributed by atoms with Crippen molar-refractivity contribution < 1.29 is 18.3 Å². The molecule has 0 saturated carbocycles. The van der Waals surface area contributed by atoms with Crippen molar-refractivity contribution in [1.29, 1.82) is 0 Å². The maximum absolute atomic E-state index is 12.8. The zero-order valence-electron chi connectivity index (χ0n) is 10.4.